The zero-order valence-corrected chi connectivity index (χ0v) is 14.6. The van der Waals surface area contributed by atoms with Crippen LogP contribution >= 0.6 is 0 Å². The van der Waals surface area contributed by atoms with Crippen molar-refractivity contribution in [2.24, 2.45) is 0 Å². The summed E-state index contributed by atoms with van der Waals surface area (Å²) in [5, 5.41) is 9.01. The third kappa shape index (κ3) is 2.65. The van der Waals surface area contributed by atoms with Gasteiger partial charge in [0.1, 0.15) is 23.3 Å². The van der Waals surface area contributed by atoms with Crippen LogP contribution < -0.4 is 16.0 Å². The number of rotatable bonds is 3. The minimum absolute atomic E-state index is 0.118. The van der Waals surface area contributed by atoms with E-state index in [-0.39, 0.29) is 23.7 Å². The number of hydrogen-bond donors (Lipinski definition) is 3. The van der Waals surface area contributed by atoms with Gasteiger partial charge in [0, 0.05) is 6.54 Å². The third-order valence-electron chi connectivity index (χ3n) is 4.89. The Morgan fingerprint density at radius 2 is 1.82 bits per heavy atom. The molecule has 0 unspecified atom stereocenters. The summed E-state index contributed by atoms with van der Waals surface area (Å²) in [4.78, 5) is 21.1. The van der Waals surface area contributed by atoms with Gasteiger partial charge in [0.05, 0.1) is 34.7 Å². The predicted octanol–water partition coefficient (Wildman–Crippen LogP) is 3.38. The van der Waals surface area contributed by atoms with Crippen LogP contribution in [-0.2, 0) is 13.0 Å². The molecule has 3 aromatic rings. The molecule has 2 aliphatic rings. The van der Waals surface area contributed by atoms with E-state index < -0.39 is 11.6 Å². The first-order chi connectivity index (χ1) is 13.6. The molecule has 0 bridgehead atoms. The molecule has 0 spiro atoms. The van der Waals surface area contributed by atoms with Gasteiger partial charge in [0.25, 0.3) is 5.91 Å². The maximum atomic E-state index is 14.3. The van der Waals surface area contributed by atoms with Crippen LogP contribution in [0.25, 0.3) is 11.3 Å². The summed E-state index contributed by atoms with van der Waals surface area (Å²) in [5.41, 5.74) is 2.21. The second-order valence-electron chi connectivity index (χ2n) is 6.66. The van der Waals surface area contributed by atoms with E-state index in [4.69, 9.17) is 0 Å². The Hall–Kier alpha value is -3.55. The van der Waals surface area contributed by atoms with Gasteiger partial charge in [-0.2, -0.15) is 0 Å². The first kappa shape index (κ1) is 16.6. The van der Waals surface area contributed by atoms with E-state index in [1.165, 1.54) is 24.3 Å². The summed E-state index contributed by atoms with van der Waals surface area (Å²) in [6.45, 7) is 1.03. The van der Waals surface area contributed by atoms with Crippen molar-refractivity contribution >= 4 is 23.2 Å². The fourth-order valence-electron chi connectivity index (χ4n) is 3.57. The Morgan fingerprint density at radius 3 is 2.64 bits per heavy atom. The van der Waals surface area contributed by atoms with E-state index in [0.717, 1.165) is 24.3 Å². The minimum Gasteiger partial charge on any atom is -0.369 e. The molecule has 2 aromatic heterocycles. The van der Waals surface area contributed by atoms with E-state index in [0.29, 0.717) is 22.8 Å². The van der Waals surface area contributed by atoms with E-state index in [2.05, 4.69) is 25.9 Å². The van der Waals surface area contributed by atoms with Crippen molar-refractivity contribution in [2.45, 2.75) is 13.0 Å². The molecule has 3 N–H and O–H groups in total. The summed E-state index contributed by atoms with van der Waals surface area (Å²) < 4.78 is 28.5. The summed E-state index contributed by atoms with van der Waals surface area (Å²) in [6.07, 6.45) is 0.909. The molecular weight excluding hydrogens is 364 g/mol. The summed E-state index contributed by atoms with van der Waals surface area (Å²) in [7, 11) is 0. The standard InChI is InChI=1S/C20H15F2N5O/c21-11-2-1-3-12(22)17(11)13-8-14(18-15(25-13)9-24-20(18)28)26-16-5-4-10-6-7-23-19(10)27-16/h1-5,8H,6-7,9H2,(H,24,28)(H2,23,25,26,27). The number of aromatic nitrogens is 2. The number of anilines is 3. The lowest BCUT2D eigenvalue weighted by Crippen LogP contribution is -2.13. The molecular formula is C20H15F2N5O. The summed E-state index contributed by atoms with van der Waals surface area (Å²) in [5.74, 6) is -0.391. The number of hydrogen-bond acceptors (Lipinski definition) is 5. The van der Waals surface area contributed by atoms with E-state index in [9.17, 15) is 13.6 Å². The number of pyridine rings is 2. The number of halogens is 2. The van der Waals surface area contributed by atoms with Gasteiger partial charge in [0.2, 0.25) is 0 Å². The number of benzene rings is 1. The lowest BCUT2D eigenvalue weighted by atomic mass is 10.1. The Bertz CT molecular complexity index is 1110. The first-order valence-corrected chi connectivity index (χ1v) is 8.87. The quantitative estimate of drug-likeness (QED) is 0.650. The van der Waals surface area contributed by atoms with E-state index in [1.807, 2.05) is 12.1 Å². The summed E-state index contributed by atoms with van der Waals surface area (Å²) >= 11 is 0. The van der Waals surface area contributed by atoms with Crippen LogP contribution in [0.3, 0.4) is 0 Å². The van der Waals surface area contributed by atoms with Gasteiger partial charge in [-0.05, 0) is 36.2 Å². The number of amides is 1. The lowest BCUT2D eigenvalue weighted by Gasteiger charge is -2.13. The highest BCUT2D eigenvalue weighted by atomic mass is 19.1. The average Bonchev–Trinajstić information content (AvgIpc) is 3.28. The maximum Gasteiger partial charge on any atom is 0.255 e. The van der Waals surface area contributed by atoms with Crippen LogP contribution in [0.5, 0.6) is 0 Å². The van der Waals surface area contributed by atoms with Gasteiger partial charge >= 0.3 is 0 Å². The van der Waals surface area contributed by atoms with Crippen molar-refractivity contribution in [1.29, 1.82) is 0 Å². The molecule has 6 nitrogen and oxygen atoms in total. The van der Waals surface area contributed by atoms with Crippen LogP contribution in [0.4, 0.5) is 26.1 Å². The molecule has 4 heterocycles. The Balaban J connectivity index is 1.63. The van der Waals surface area contributed by atoms with Crippen LogP contribution in [-0.4, -0.2) is 22.4 Å². The highest BCUT2D eigenvalue weighted by molar-refractivity contribution is 6.04. The van der Waals surface area contributed by atoms with Crippen molar-refractivity contribution < 1.29 is 13.6 Å². The molecule has 0 saturated heterocycles. The Labute approximate surface area is 159 Å². The maximum absolute atomic E-state index is 14.3. The fourth-order valence-corrected chi connectivity index (χ4v) is 3.57. The van der Waals surface area contributed by atoms with Crippen molar-refractivity contribution in [1.82, 2.24) is 15.3 Å². The molecule has 0 fully saturated rings. The normalized spacial score (nSPS) is 14.3. The topological polar surface area (TPSA) is 78.9 Å². The lowest BCUT2D eigenvalue weighted by molar-refractivity contribution is 0.0966. The molecule has 140 valence electrons. The molecule has 2 aliphatic heterocycles. The number of carbonyl (C=O) groups is 1. The average molecular weight is 379 g/mol. The van der Waals surface area contributed by atoms with Crippen LogP contribution in [0.15, 0.2) is 36.4 Å². The van der Waals surface area contributed by atoms with Crippen molar-refractivity contribution in [3.8, 4) is 11.3 Å². The number of fused-ring (bicyclic) bond motifs is 2. The Kier molecular flexibility index (Phi) is 3.71. The first-order valence-electron chi connectivity index (χ1n) is 8.87. The highest BCUT2D eigenvalue weighted by Gasteiger charge is 2.27. The number of nitrogens with one attached hydrogen (secondary N) is 3. The Morgan fingerprint density at radius 1 is 1.00 bits per heavy atom. The zero-order chi connectivity index (χ0) is 19.3. The molecule has 8 heteroatoms. The van der Waals surface area contributed by atoms with E-state index in [1.54, 1.807) is 0 Å². The molecule has 0 radical (unpaired) electrons. The van der Waals surface area contributed by atoms with Gasteiger partial charge in [-0.25, -0.2) is 18.7 Å². The molecule has 0 aliphatic carbocycles. The van der Waals surface area contributed by atoms with Crippen molar-refractivity contribution in [2.75, 3.05) is 17.2 Å². The van der Waals surface area contributed by atoms with Gasteiger partial charge in [0.15, 0.2) is 0 Å². The van der Waals surface area contributed by atoms with Crippen molar-refractivity contribution in [3.63, 3.8) is 0 Å². The van der Waals surface area contributed by atoms with Gasteiger partial charge in [-0.3, -0.25) is 4.79 Å². The molecule has 1 amide bonds. The second-order valence-corrected chi connectivity index (χ2v) is 6.66. The highest BCUT2D eigenvalue weighted by Crippen LogP contribution is 2.33. The van der Waals surface area contributed by atoms with Crippen LogP contribution in [0.2, 0.25) is 0 Å². The largest absolute Gasteiger partial charge is 0.369 e. The molecule has 28 heavy (non-hydrogen) atoms. The summed E-state index contributed by atoms with van der Waals surface area (Å²) in [6, 6.07) is 8.91. The molecule has 1 aromatic carbocycles. The minimum atomic E-state index is -0.712. The smallest absolute Gasteiger partial charge is 0.255 e. The fraction of sp³-hybridized carbons (Fsp3) is 0.150. The van der Waals surface area contributed by atoms with Crippen LogP contribution in [0, 0.1) is 11.6 Å². The molecule has 5 rings (SSSR count). The van der Waals surface area contributed by atoms with E-state index >= 15 is 0 Å². The monoisotopic (exact) mass is 379 g/mol. The van der Waals surface area contributed by atoms with Gasteiger partial charge in [-0.1, -0.05) is 12.1 Å². The predicted molar refractivity (Wildman–Crippen MR) is 100 cm³/mol. The zero-order valence-electron chi connectivity index (χ0n) is 14.6. The van der Waals surface area contributed by atoms with Crippen LogP contribution in [0.1, 0.15) is 21.6 Å². The van der Waals surface area contributed by atoms with Gasteiger partial charge < -0.3 is 16.0 Å². The number of carbonyl (C=O) groups excluding carboxylic acids is 1. The SMILES string of the molecule is O=C1NCc2nc(-c3c(F)cccc3F)cc(Nc3ccc4c(n3)NCC4)c21. The van der Waals surface area contributed by atoms with Crippen molar-refractivity contribution in [3.05, 3.63) is 64.9 Å². The second kappa shape index (κ2) is 6.26. The van der Waals surface area contributed by atoms with Gasteiger partial charge in [-0.15, -0.1) is 0 Å². The third-order valence-corrected chi connectivity index (χ3v) is 4.89. The molecule has 0 saturated carbocycles. The number of nitrogens with zero attached hydrogens (tertiary/aromatic N) is 2. The molecule has 0 atom stereocenters.